The van der Waals surface area contributed by atoms with Crippen LogP contribution in [-0.2, 0) is 33.0 Å². The molecule has 1 aromatic rings. The molecular formula is C11H18N2O4S2. The van der Waals surface area contributed by atoms with E-state index in [2.05, 4.69) is 0 Å². The number of nitrogens with zero attached hydrogens (tertiary/aromatic N) is 1. The predicted molar refractivity (Wildman–Crippen MR) is 74.4 cm³/mol. The monoisotopic (exact) mass is 306 g/mol. The van der Waals surface area contributed by atoms with Gasteiger partial charge in [-0.05, 0) is 11.1 Å². The van der Waals surface area contributed by atoms with Crippen LogP contribution < -0.4 is 5.73 Å². The van der Waals surface area contributed by atoms with Crippen LogP contribution in [0.2, 0.25) is 0 Å². The highest BCUT2D eigenvalue weighted by atomic mass is 32.3. The van der Waals surface area contributed by atoms with Crippen LogP contribution in [0.3, 0.4) is 0 Å². The van der Waals surface area contributed by atoms with Gasteiger partial charge in [-0.15, -0.1) is 0 Å². The first-order chi connectivity index (χ1) is 8.65. The Balaban J connectivity index is 2.94. The smallest absolute Gasteiger partial charge is 0.228 e. The maximum atomic E-state index is 11.9. The maximum absolute atomic E-state index is 11.9. The average Bonchev–Trinajstić information content (AvgIpc) is 2.26. The zero-order valence-electron chi connectivity index (χ0n) is 10.9. The lowest BCUT2D eigenvalue weighted by Gasteiger charge is -2.18. The van der Waals surface area contributed by atoms with Crippen LogP contribution in [-0.4, -0.2) is 39.5 Å². The molecule has 0 aromatic heterocycles. The second kappa shape index (κ2) is 6.00. The highest BCUT2D eigenvalue weighted by molar-refractivity contribution is 8.06. The van der Waals surface area contributed by atoms with Crippen LogP contribution in [0.25, 0.3) is 0 Å². The standard InChI is InChI=1S/C11H18N2O4S2/c1-13(19(16,17)9-18(2,14)15)8-11-6-4-3-5-10(11)7-12/h3-6H,7-9,12H2,1-2H3. The number of rotatable bonds is 6. The van der Waals surface area contributed by atoms with Gasteiger partial charge < -0.3 is 5.73 Å². The Labute approximate surface area is 114 Å². The van der Waals surface area contributed by atoms with Crippen LogP contribution in [0.15, 0.2) is 24.3 Å². The number of hydrogen-bond acceptors (Lipinski definition) is 5. The first-order valence-corrected chi connectivity index (χ1v) is 9.21. The summed E-state index contributed by atoms with van der Waals surface area (Å²) in [6.45, 7) is 0.404. The molecule has 108 valence electrons. The number of nitrogens with two attached hydrogens (primary N) is 1. The van der Waals surface area contributed by atoms with E-state index >= 15 is 0 Å². The van der Waals surface area contributed by atoms with E-state index in [1.54, 1.807) is 12.1 Å². The van der Waals surface area contributed by atoms with Crippen molar-refractivity contribution in [2.75, 3.05) is 18.4 Å². The molecule has 0 atom stereocenters. The molecule has 0 spiro atoms. The summed E-state index contributed by atoms with van der Waals surface area (Å²) in [7, 11) is -6.07. The van der Waals surface area contributed by atoms with Crippen molar-refractivity contribution in [3.05, 3.63) is 35.4 Å². The highest BCUT2D eigenvalue weighted by Gasteiger charge is 2.23. The Hall–Kier alpha value is -0.960. The number of sulfonamides is 1. The molecule has 0 aliphatic rings. The van der Waals surface area contributed by atoms with Gasteiger partial charge in [0.1, 0.15) is 0 Å². The molecule has 8 heteroatoms. The summed E-state index contributed by atoms with van der Waals surface area (Å²) in [6, 6.07) is 7.18. The highest BCUT2D eigenvalue weighted by Crippen LogP contribution is 2.13. The summed E-state index contributed by atoms with van der Waals surface area (Å²) in [5.41, 5.74) is 7.18. The average molecular weight is 306 g/mol. The van der Waals surface area contributed by atoms with Crippen molar-refractivity contribution in [2.45, 2.75) is 13.1 Å². The summed E-state index contributed by atoms with van der Waals surface area (Å²) < 4.78 is 47.0. The minimum Gasteiger partial charge on any atom is -0.326 e. The molecule has 0 fully saturated rings. The van der Waals surface area contributed by atoms with Crippen LogP contribution in [0.1, 0.15) is 11.1 Å². The molecule has 19 heavy (non-hydrogen) atoms. The largest absolute Gasteiger partial charge is 0.326 e. The lowest BCUT2D eigenvalue weighted by atomic mass is 10.1. The van der Waals surface area contributed by atoms with Gasteiger partial charge in [0.2, 0.25) is 10.0 Å². The summed E-state index contributed by atoms with van der Waals surface area (Å²) >= 11 is 0. The Morgan fingerprint density at radius 1 is 1.11 bits per heavy atom. The number of benzene rings is 1. The molecule has 6 nitrogen and oxygen atoms in total. The third-order valence-electron chi connectivity index (χ3n) is 2.57. The van der Waals surface area contributed by atoms with Crippen molar-refractivity contribution < 1.29 is 16.8 Å². The minimum atomic E-state index is -3.84. The van der Waals surface area contributed by atoms with Crippen LogP contribution in [0, 0.1) is 0 Å². The van der Waals surface area contributed by atoms with Crippen molar-refractivity contribution in [1.82, 2.24) is 4.31 Å². The van der Waals surface area contributed by atoms with Gasteiger partial charge in [0.15, 0.2) is 14.9 Å². The normalized spacial score (nSPS) is 12.8. The topological polar surface area (TPSA) is 97.5 Å². The Morgan fingerprint density at radius 3 is 2.11 bits per heavy atom. The Kier molecular flexibility index (Phi) is 5.08. The fourth-order valence-corrected chi connectivity index (χ4v) is 4.83. The van der Waals surface area contributed by atoms with Crippen LogP contribution in [0.4, 0.5) is 0 Å². The lowest BCUT2D eigenvalue weighted by Crippen LogP contribution is -2.32. The Morgan fingerprint density at radius 2 is 1.63 bits per heavy atom. The van der Waals surface area contributed by atoms with Crippen LogP contribution >= 0.6 is 0 Å². The van der Waals surface area contributed by atoms with Gasteiger partial charge in [-0.3, -0.25) is 0 Å². The van der Waals surface area contributed by atoms with E-state index in [4.69, 9.17) is 5.73 Å². The van der Waals surface area contributed by atoms with E-state index in [0.29, 0.717) is 6.54 Å². The van der Waals surface area contributed by atoms with Gasteiger partial charge in [0.25, 0.3) is 0 Å². The predicted octanol–water partition coefficient (Wildman–Crippen LogP) is -0.0910. The summed E-state index contributed by atoms with van der Waals surface area (Å²) in [4.78, 5) is 0. The second-order valence-corrected chi connectivity index (χ2v) is 8.97. The molecule has 1 aromatic carbocycles. The van der Waals surface area contributed by atoms with E-state index in [1.807, 2.05) is 12.1 Å². The van der Waals surface area contributed by atoms with Gasteiger partial charge in [-0.2, -0.15) is 4.31 Å². The number of sulfone groups is 1. The summed E-state index contributed by atoms with van der Waals surface area (Å²) in [5.74, 6) is 0. The Bertz CT molecular complexity index is 638. The van der Waals surface area contributed by atoms with Gasteiger partial charge in [0, 0.05) is 26.4 Å². The molecule has 0 aliphatic carbocycles. The van der Waals surface area contributed by atoms with E-state index < -0.39 is 24.9 Å². The van der Waals surface area contributed by atoms with Crippen molar-refractivity contribution in [1.29, 1.82) is 0 Å². The molecule has 0 radical (unpaired) electrons. The fraction of sp³-hybridized carbons (Fsp3) is 0.455. The maximum Gasteiger partial charge on any atom is 0.228 e. The van der Waals surface area contributed by atoms with Gasteiger partial charge >= 0.3 is 0 Å². The van der Waals surface area contributed by atoms with Gasteiger partial charge in [-0.1, -0.05) is 24.3 Å². The molecule has 0 saturated heterocycles. The quantitative estimate of drug-likeness (QED) is 0.792. The third kappa shape index (κ3) is 4.90. The SMILES string of the molecule is CN(Cc1ccccc1CN)S(=O)(=O)CS(C)(=O)=O. The molecular weight excluding hydrogens is 288 g/mol. The molecule has 0 saturated carbocycles. The molecule has 0 aliphatic heterocycles. The van der Waals surface area contributed by atoms with E-state index in [9.17, 15) is 16.8 Å². The molecule has 0 unspecified atom stereocenters. The molecule has 0 amide bonds. The lowest BCUT2D eigenvalue weighted by molar-refractivity contribution is 0.468. The van der Waals surface area contributed by atoms with Gasteiger partial charge in [-0.25, -0.2) is 16.8 Å². The third-order valence-corrected chi connectivity index (χ3v) is 6.55. The zero-order valence-corrected chi connectivity index (χ0v) is 12.5. The second-order valence-electron chi connectivity index (χ2n) is 4.38. The summed E-state index contributed by atoms with van der Waals surface area (Å²) in [5, 5.41) is -0.888. The van der Waals surface area contributed by atoms with Crippen molar-refractivity contribution in [3.63, 3.8) is 0 Å². The fourth-order valence-electron chi connectivity index (χ4n) is 1.61. The number of hydrogen-bond donors (Lipinski definition) is 1. The molecule has 0 heterocycles. The van der Waals surface area contributed by atoms with E-state index in [0.717, 1.165) is 21.7 Å². The van der Waals surface area contributed by atoms with E-state index in [-0.39, 0.29) is 6.54 Å². The van der Waals surface area contributed by atoms with Crippen molar-refractivity contribution >= 4 is 19.9 Å². The van der Waals surface area contributed by atoms with Crippen molar-refractivity contribution in [2.24, 2.45) is 5.73 Å². The molecule has 2 N–H and O–H groups in total. The molecule has 0 bridgehead atoms. The van der Waals surface area contributed by atoms with Gasteiger partial charge in [0.05, 0.1) is 0 Å². The minimum absolute atomic E-state index is 0.102. The van der Waals surface area contributed by atoms with Crippen molar-refractivity contribution in [3.8, 4) is 0 Å². The van der Waals surface area contributed by atoms with Crippen LogP contribution in [0.5, 0.6) is 0 Å². The zero-order chi connectivity index (χ0) is 14.7. The first-order valence-electron chi connectivity index (χ1n) is 5.54. The van der Waals surface area contributed by atoms with E-state index in [1.165, 1.54) is 7.05 Å². The molecule has 1 rings (SSSR count). The summed E-state index contributed by atoms with van der Waals surface area (Å²) in [6.07, 6.45) is 0.895. The first kappa shape index (κ1) is 16.1.